The van der Waals surface area contributed by atoms with Gasteiger partial charge in [0.15, 0.2) is 0 Å². The molecule has 0 fully saturated rings. The van der Waals surface area contributed by atoms with Gasteiger partial charge < -0.3 is 14.6 Å². The summed E-state index contributed by atoms with van der Waals surface area (Å²) < 4.78 is 11.4. The molecule has 15 heavy (non-hydrogen) atoms. The number of halogens is 1. The molecule has 3 nitrogen and oxygen atoms in total. The van der Waals surface area contributed by atoms with E-state index in [1.165, 1.54) is 0 Å². The lowest BCUT2D eigenvalue weighted by molar-refractivity contribution is -0.110. The van der Waals surface area contributed by atoms with Crippen LogP contribution in [0.15, 0.2) is 24.3 Å². The molecule has 0 radical (unpaired) electrons. The van der Waals surface area contributed by atoms with E-state index < -0.39 is 6.10 Å². The summed E-state index contributed by atoms with van der Waals surface area (Å²) in [5, 5.41) is 9.63. The summed E-state index contributed by atoms with van der Waals surface area (Å²) in [6, 6.07) is 7.83. The Kier molecular flexibility index (Phi) is 5.52. The van der Waals surface area contributed by atoms with Crippen molar-refractivity contribution in [2.45, 2.75) is 19.1 Å². The van der Waals surface area contributed by atoms with E-state index in [0.717, 1.165) is 9.13 Å². The fraction of sp³-hybridized carbons (Fsp3) is 0.455. The Balaban J connectivity index is 2.84. The van der Waals surface area contributed by atoms with Crippen LogP contribution in [0, 0.1) is 3.57 Å². The van der Waals surface area contributed by atoms with Gasteiger partial charge >= 0.3 is 0 Å². The number of aliphatic hydroxyl groups is 1. The molecule has 0 saturated heterocycles. The molecule has 1 aromatic rings. The largest absolute Gasteiger partial charge is 0.390 e. The van der Waals surface area contributed by atoms with Crippen LogP contribution in [-0.2, 0) is 9.47 Å². The standard InChI is InChI=1S/C11H15IO3/c1-8(13)11(15-7-14-2)9-5-3-4-6-10(9)12/h3-6,8,11,13H,7H2,1-2H3. The van der Waals surface area contributed by atoms with Crippen LogP contribution in [0.5, 0.6) is 0 Å². The smallest absolute Gasteiger partial charge is 0.147 e. The minimum Gasteiger partial charge on any atom is -0.390 e. The zero-order valence-corrected chi connectivity index (χ0v) is 11.0. The van der Waals surface area contributed by atoms with Crippen molar-refractivity contribution in [3.8, 4) is 0 Å². The Bertz CT molecular complexity index is 302. The number of hydrogen-bond donors (Lipinski definition) is 1. The van der Waals surface area contributed by atoms with Gasteiger partial charge in [-0.2, -0.15) is 0 Å². The van der Waals surface area contributed by atoms with E-state index in [9.17, 15) is 5.11 Å². The maximum atomic E-state index is 9.63. The van der Waals surface area contributed by atoms with E-state index in [2.05, 4.69) is 22.6 Å². The molecule has 4 heteroatoms. The van der Waals surface area contributed by atoms with Crippen LogP contribution >= 0.6 is 22.6 Å². The van der Waals surface area contributed by atoms with Gasteiger partial charge in [-0.15, -0.1) is 0 Å². The highest BCUT2D eigenvalue weighted by molar-refractivity contribution is 14.1. The Morgan fingerprint density at radius 2 is 2.07 bits per heavy atom. The molecule has 0 aromatic heterocycles. The van der Waals surface area contributed by atoms with Crippen molar-refractivity contribution in [3.63, 3.8) is 0 Å². The van der Waals surface area contributed by atoms with E-state index >= 15 is 0 Å². The summed E-state index contributed by atoms with van der Waals surface area (Å²) in [6.07, 6.45) is -0.894. The van der Waals surface area contributed by atoms with Crippen molar-refractivity contribution in [2.75, 3.05) is 13.9 Å². The minimum atomic E-state index is -0.559. The van der Waals surface area contributed by atoms with Gasteiger partial charge in [0.25, 0.3) is 0 Å². The molecule has 0 bridgehead atoms. The second-order valence-corrected chi connectivity index (χ2v) is 4.42. The average Bonchev–Trinajstić information content (AvgIpc) is 2.20. The molecule has 0 heterocycles. The van der Waals surface area contributed by atoms with Crippen molar-refractivity contribution in [2.24, 2.45) is 0 Å². The fourth-order valence-electron chi connectivity index (χ4n) is 1.34. The van der Waals surface area contributed by atoms with Crippen LogP contribution in [0.1, 0.15) is 18.6 Å². The van der Waals surface area contributed by atoms with Gasteiger partial charge in [-0.05, 0) is 41.1 Å². The minimum absolute atomic E-state index is 0.181. The molecule has 0 aliphatic rings. The first-order valence-corrected chi connectivity index (χ1v) is 5.77. The normalized spacial score (nSPS) is 14.9. The van der Waals surface area contributed by atoms with Crippen LogP contribution in [0.25, 0.3) is 0 Å². The summed E-state index contributed by atoms with van der Waals surface area (Å²) in [4.78, 5) is 0. The summed E-state index contributed by atoms with van der Waals surface area (Å²) in [5.74, 6) is 0. The highest BCUT2D eigenvalue weighted by atomic mass is 127. The predicted octanol–water partition coefficient (Wildman–Crippen LogP) is 2.33. The predicted molar refractivity (Wildman–Crippen MR) is 66.5 cm³/mol. The first-order valence-electron chi connectivity index (χ1n) is 4.70. The summed E-state index contributed by atoms with van der Waals surface area (Å²) in [5.41, 5.74) is 0.991. The van der Waals surface area contributed by atoms with Crippen LogP contribution in [-0.4, -0.2) is 25.1 Å². The molecule has 2 unspecified atom stereocenters. The van der Waals surface area contributed by atoms with Gasteiger partial charge in [0, 0.05) is 10.7 Å². The third-order valence-electron chi connectivity index (χ3n) is 2.02. The van der Waals surface area contributed by atoms with Crippen molar-refractivity contribution in [1.29, 1.82) is 0 Å². The first-order chi connectivity index (χ1) is 7.16. The molecule has 0 spiro atoms. The molecule has 0 aliphatic heterocycles. The second-order valence-electron chi connectivity index (χ2n) is 3.26. The zero-order chi connectivity index (χ0) is 11.3. The highest BCUT2D eigenvalue weighted by Crippen LogP contribution is 2.25. The lowest BCUT2D eigenvalue weighted by Gasteiger charge is -2.21. The average molecular weight is 322 g/mol. The van der Waals surface area contributed by atoms with Crippen LogP contribution in [0.2, 0.25) is 0 Å². The van der Waals surface area contributed by atoms with Crippen molar-refractivity contribution in [3.05, 3.63) is 33.4 Å². The molecule has 0 amide bonds. The Morgan fingerprint density at radius 1 is 1.40 bits per heavy atom. The van der Waals surface area contributed by atoms with Crippen LogP contribution in [0.4, 0.5) is 0 Å². The molecule has 1 N–H and O–H groups in total. The molecule has 84 valence electrons. The van der Waals surface area contributed by atoms with Crippen molar-refractivity contribution in [1.82, 2.24) is 0 Å². The topological polar surface area (TPSA) is 38.7 Å². The summed E-state index contributed by atoms with van der Waals surface area (Å²) >= 11 is 2.23. The fourth-order valence-corrected chi connectivity index (χ4v) is 2.03. The van der Waals surface area contributed by atoms with Gasteiger partial charge in [0.2, 0.25) is 0 Å². The lowest BCUT2D eigenvalue weighted by Crippen LogP contribution is -2.20. The maximum absolute atomic E-state index is 9.63. The van der Waals surface area contributed by atoms with Gasteiger partial charge in [-0.25, -0.2) is 0 Å². The van der Waals surface area contributed by atoms with E-state index in [1.807, 2.05) is 24.3 Å². The number of rotatable bonds is 5. The highest BCUT2D eigenvalue weighted by Gasteiger charge is 2.19. The quantitative estimate of drug-likeness (QED) is 0.668. The molecular weight excluding hydrogens is 307 g/mol. The van der Waals surface area contributed by atoms with Gasteiger partial charge in [-0.3, -0.25) is 0 Å². The first kappa shape index (κ1) is 12.9. The number of aliphatic hydroxyl groups excluding tert-OH is 1. The SMILES string of the molecule is COCOC(c1ccccc1I)C(C)O. The lowest BCUT2D eigenvalue weighted by atomic mass is 10.1. The van der Waals surface area contributed by atoms with Crippen molar-refractivity contribution >= 4 is 22.6 Å². The second kappa shape index (κ2) is 6.42. The Hall–Kier alpha value is -0.170. The third kappa shape index (κ3) is 3.71. The Labute approximate surface area is 104 Å². The molecular formula is C11H15IO3. The molecule has 1 rings (SSSR count). The number of ether oxygens (including phenoxy) is 2. The summed E-state index contributed by atoms with van der Waals surface area (Å²) in [7, 11) is 1.56. The van der Waals surface area contributed by atoms with E-state index in [0.29, 0.717) is 0 Å². The maximum Gasteiger partial charge on any atom is 0.147 e. The third-order valence-corrected chi connectivity index (χ3v) is 3.00. The molecule has 1 aromatic carbocycles. The van der Waals surface area contributed by atoms with Gasteiger partial charge in [-0.1, -0.05) is 18.2 Å². The van der Waals surface area contributed by atoms with Crippen molar-refractivity contribution < 1.29 is 14.6 Å². The van der Waals surface area contributed by atoms with E-state index in [-0.39, 0.29) is 12.9 Å². The van der Waals surface area contributed by atoms with Crippen LogP contribution < -0.4 is 0 Å². The monoisotopic (exact) mass is 322 g/mol. The molecule has 2 atom stereocenters. The molecule has 0 saturated carbocycles. The number of hydrogen-bond acceptors (Lipinski definition) is 3. The van der Waals surface area contributed by atoms with E-state index in [4.69, 9.17) is 9.47 Å². The van der Waals surface area contributed by atoms with Crippen LogP contribution in [0.3, 0.4) is 0 Å². The number of methoxy groups -OCH3 is 1. The number of benzene rings is 1. The molecule has 0 aliphatic carbocycles. The summed E-state index contributed by atoms with van der Waals surface area (Å²) in [6.45, 7) is 1.89. The zero-order valence-electron chi connectivity index (χ0n) is 8.81. The Morgan fingerprint density at radius 3 is 2.60 bits per heavy atom. The van der Waals surface area contributed by atoms with Gasteiger partial charge in [0.1, 0.15) is 12.9 Å². The van der Waals surface area contributed by atoms with E-state index in [1.54, 1.807) is 14.0 Å². The van der Waals surface area contributed by atoms with Gasteiger partial charge in [0.05, 0.1) is 6.10 Å².